The van der Waals surface area contributed by atoms with E-state index in [0.29, 0.717) is 19.0 Å². The molecule has 2 heterocycles. The van der Waals surface area contributed by atoms with E-state index in [-0.39, 0.29) is 23.9 Å². The summed E-state index contributed by atoms with van der Waals surface area (Å²) in [6, 6.07) is 8.09. The molecule has 10 heteroatoms. The van der Waals surface area contributed by atoms with Crippen molar-refractivity contribution in [2.24, 2.45) is 5.92 Å². The summed E-state index contributed by atoms with van der Waals surface area (Å²) in [6.07, 6.45) is 6.70. The Balaban J connectivity index is 0.000000429. The van der Waals surface area contributed by atoms with E-state index in [1.165, 1.54) is 43.2 Å². The molecular formula is C25H32F3N3O4. The van der Waals surface area contributed by atoms with E-state index in [2.05, 4.69) is 22.8 Å². The maximum Gasteiger partial charge on any atom is 0.490 e. The van der Waals surface area contributed by atoms with Crippen molar-refractivity contribution in [2.45, 2.75) is 76.3 Å². The summed E-state index contributed by atoms with van der Waals surface area (Å²) in [7, 11) is 0. The molecule has 2 atom stereocenters. The molecule has 0 radical (unpaired) electrons. The molecule has 0 bridgehead atoms. The summed E-state index contributed by atoms with van der Waals surface area (Å²) < 4.78 is 31.7. The van der Waals surface area contributed by atoms with Crippen molar-refractivity contribution in [1.29, 1.82) is 0 Å². The van der Waals surface area contributed by atoms with Gasteiger partial charge in [-0.2, -0.15) is 13.2 Å². The van der Waals surface area contributed by atoms with Gasteiger partial charge < -0.3 is 20.6 Å². The fourth-order valence-corrected chi connectivity index (χ4v) is 4.56. The molecule has 1 aromatic carbocycles. The molecule has 192 valence electrons. The number of benzene rings is 1. The van der Waals surface area contributed by atoms with E-state index >= 15 is 0 Å². The molecule has 2 amide bonds. The molecule has 7 nitrogen and oxygen atoms in total. The third-order valence-corrected chi connectivity index (χ3v) is 6.65. The SMILES string of the molecule is O=C(N[C@H](/C=C/C(=O)N1Cc2ccccc2C1)CC1CCCCC1)[C@@H]1CCN1.O=C(O)C(F)(F)F. The summed E-state index contributed by atoms with van der Waals surface area (Å²) in [5.74, 6) is -2.02. The maximum absolute atomic E-state index is 12.7. The Morgan fingerprint density at radius 2 is 1.66 bits per heavy atom. The number of hydrogen-bond acceptors (Lipinski definition) is 4. The first-order chi connectivity index (χ1) is 16.6. The Morgan fingerprint density at radius 3 is 2.14 bits per heavy atom. The Bertz CT molecular complexity index is 900. The van der Waals surface area contributed by atoms with Gasteiger partial charge in [-0.25, -0.2) is 4.79 Å². The first-order valence-electron chi connectivity index (χ1n) is 12.0. The third kappa shape index (κ3) is 8.09. The number of amides is 2. The number of carbonyl (C=O) groups is 3. The van der Waals surface area contributed by atoms with Crippen LogP contribution in [0.4, 0.5) is 13.2 Å². The lowest BCUT2D eigenvalue weighted by Crippen LogP contribution is -2.55. The van der Waals surface area contributed by atoms with Crippen LogP contribution < -0.4 is 10.6 Å². The van der Waals surface area contributed by atoms with Crippen LogP contribution in [0.3, 0.4) is 0 Å². The average molecular weight is 496 g/mol. The number of carboxylic acid groups (broad SMARTS) is 1. The molecule has 2 fully saturated rings. The first-order valence-corrected chi connectivity index (χ1v) is 12.0. The van der Waals surface area contributed by atoms with Crippen LogP contribution in [0.1, 0.15) is 56.1 Å². The van der Waals surface area contributed by atoms with Crippen molar-refractivity contribution in [1.82, 2.24) is 15.5 Å². The zero-order valence-corrected chi connectivity index (χ0v) is 19.5. The number of aliphatic carboxylic acids is 1. The van der Waals surface area contributed by atoms with Gasteiger partial charge in [0.15, 0.2) is 0 Å². The number of carboxylic acids is 1. The molecule has 2 aliphatic heterocycles. The molecule has 1 aliphatic carbocycles. The predicted octanol–water partition coefficient (Wildman–Crippen LogP) is 3.54. The highest BCUT2D eigenvalue weighted by atomic mass is 19.4. The first kappa shape index (κ1) is 26.7. The van der Waals surface area contributed by atoms with E-state index in [9.17, 15) is 22.8 Å². The zero-order valence-electron chi connectivity index (χ0n) is 19.5. The number of carbonyl (C=O) groups excluding carboxylic acids is 2. The van der Waals surface area contributed by atoms with Crippen LogP contribution in [0.2, 0.25) is 0 Å². The second-order valence-electron chi connectivity index (χ2n) is 9.28. The Morgan fingerprint density at radius 1 is 1.09 bits per heavy atom. The minimum Gasteiger partial charge on any atom is -0.475 e. The normalized spacial score (nSPS) is 20.9. The van der Waals surface area contributed by atoms with Gasteiger partial charge in [0, 0.05) is 25.2 Å². The van der Waals surface area contributed by atoms with Crippen molar-refractivity contribution in [2.75, 3.05) is 6.54 Å². The number of fused-ring (bicyclic) bond motifs is 1. The Hall–Kier alpha value is -2.88. The quantitative estimate of drug-likeness (QED) is 0.525. The number of rotatable bonds is 6. The number of halogens is 3. The lowest BCUT2D eigenvalue weighted by atomic mass is 9.84. The zero-order chi connectivity index (χ0) is 25.4. The van der Waals surface area contributed by atoms with Crippen LogP contribution in [-0.4, -0.2) is 52.6 Å². The van der Waals surface area contributed by atoms with Crippen LogP contribution >= 0.6 is 0 Å². The van der Waals surface area contributed by atoms with Crippen LogP contribution in [-0.2, 0) is 27.5 Å². The topological polar surface area (TPSA) is 98.7 Å². The fourth-order valence-electron chi connectivity index (χ4n) is 4.56. The summed E-state index contributed by atoms with van der Waals surface area (Å²) in [6.45, 7) is 2.26. The van der Waals surface area contributed by atoms with Crippen molar-refractivity contribution in [3.8, 4) is 0 Å². The van der Waals surface area contributed by atoms with E-state index in [4.69, 9.17) is 9.90 Å². The van der Waals surface area contributed by atoms with Crippen LogP contribution in [0.15, 0.2) is 36.4 Å². The molecule has 0 spiro atoms. The number of nitrogens with one attached hydrogen (secondary N) is 2. The summed E-state index contributed by atoms with van der Waals surface area (Å²) >= 11 is 0. The molecule has 3 N–H and O–H groups in total. The predicted molar refractivity (Wildman–Crippen MR) is 123 cm³/mol. The molecule has 1 saturated heterocycles. The van der Waals surface area contributed by atoms with Crippen molar-refractivity contribution < 1.29 is 32.7 Å². The molecule has 35 heavy (non-hydrogen) atoms. The largest absolute Gasteiger partial charge is 0.490 e. The lowest BCUT2D eigenvalue weighted by molar-refractivity contribution is -0.192. The highest BCUT2D eigenvalue weighted by Crippen LogP contribution is 2.28. The highest BCUT2D eigenvalue weighted by molar-refractivity contribution is 5.88. The Labute approximate surface area is 202 Å². The van der Waals surface area contributed by atoms with Gasteiger partial charge in [0.25, 0.3) is 0 Å². The number of alkyl halides is 3. The molecule has 0 unspecified atom stereocenters. The second kappa shape index (κ2) is 12.2. The van der Waals surface area contributed by atoms with Crippen LogP contribution in [0.25, 0.3) is 0 Å². The Kier molecular flexibility index (Phi) is 9.31. The van der Waals surface area contributed by atoms with E-state index in [1.807, 2.05) is 23.1 Å². The van der Waals surface area contributed by atoms with Gasteiger partial charge in [-0.15, -0.1) is 0 Å². The maximum atomic E-state index is 12.7. The number of hydrogen-bond donors (Lipinski definition) is 3. The van der Waals surface area contributed by atoms with E-state index in [0.717, 1.165) is 19.4 Å². The lowest BCUT2D eigenvalue weighted by Gasteiger charge is -2.30. The summed E-state index contributed by atoms with van der Waals surface area (Å²) in [4.78, 5) is 35.9. The monoisotopic (exact) mass is 495 g/mol. The standard InChI is InChI=1S/C23H31N3O2.C2HF3O2/c27-22(26-15-18-8-4-5-9-19(18)16-26)11-10-20(14-17-6-2-1-3-7-17)25-23(28)21-12-13-24-21;3-2(4,5)1(6)7/h4-5,8-11,17,20-21,24H,1-3,6-7,12-16H2,(H,25,28);(H,6,7)/b11-10+;/t20-,21+;/m1./s1. The van der Waals surface area contributed by atoms with Crippen molar-refractivity contribution >= 4 is 17.8 Å². The molecule has 0 aromatic heterocycles. The number of nitrogens with zero attached hydrogens (tertiary/aromatic N) is 1. The second-order valence-corrected chi connectivity index (χ2v) is 9.28. The smallest absolute Gasteiger partial charge is 0.475 e. The van der Waals surface area contributed by atoms with Crippen molar-refractivity contribution in [3.63, 3.8) is 0 Å². The minimum atomic E-state index is -5.08. The summed E-state index contributed by atoms with van der Waals surface area (Å²) in [5.41, 5.74) is 2.46. The van der Waals surface area contributed by atoms with Gasteiger partial charge in [0.05, 0.1) is 6.04 Å². The average Bonchev–Trinajstić information content (AvgIpc) is 3.21. The van der Waals surface area contributed by atoms with Gasteiger partial charge in [-0.05, 0) is 36.4 Å². The molecule has 4 rings (SSSR count). The van der Waals surface area contributed by atoms with Gasteiger partial charge in [0.1, 0.15) is 0 Å². The minimum absolute atomic E-state index is 0.0286. The van der Waals surface area contributed by atoms with Gasteiger partial charge in [0.2, 0.25) is 11.8 Å². The fraction of sp³-hybridized carbons (Fsp3) is 0.560. The van der Waals surface area contributed by atoms with E-state index in [1.54, 1.807) is 6.08 Å². The van der Waals surface area contributed by atoms with E-state index < -0.39 is 12.1 Å². The van der Waals surface area contributed by atoms with Gasteiger partial charge in [-0.3, -0.25) is 9.59 Å². The third-order valence-electron chi connectivity index (χ3n) is 6.65. The van der Waals surface area contributed by atoms with Crippen molar-refractivity contribution in [3.05, 3.63) is 47.5 Å². The van der Waals surface area contributed by atoms with Crippen LogP contribution in [0.5, 0.6) is 0 Å². The molecule has 3 aliphatic rings. The summed E-state index contributed by atoms with van der Waals surface area (Å²) in [5, 5.41) is 13.5. The molecule has 1 aromatic rings. The van der Waals surface area contributed by atoms with Gasteiger partial charge >= 0.3 is 12.1 Å². The van der Waals surface area contributed by atoms with Gasteiger partial charge in [-0.1, -0.05) is 62.4 Å². The highest BCUT2D eigenvalue weighted by Gasteiger charge is 2.38. The molecular weight excluding hydrogens is 463 g/mol. The molecule has 1 saturated carbocycles. The van der Waals surface area contributed by atoms with Crippen LogP contribution in [0, 0.1) is 5.92 Å².